The van der Waals surface area contributed by atoms with E-state index in [1.54, 1.807) is 6.92 Å². The molecule has 0 saturated carbocycles. The van der Waals surface area contributed by atoms with Crippen molar-refractivity contribution in [3.05, 3.63) is 41.5 Å². The van der Waals surface area contributed by atoms with Crippen molar-refractivity contribution in [1.82, 2.24) is 0 Å². The lowest BCUT2D eigenvalue weighted by Crippen LogP contribution is -2.00. The average Bonchev–Trinajstić information content (AvgIpc) is 2.15. The molecule has 2 aromatic rings. The van der Waals surface area contributed by atoms with Crippen LogP contribution in [0.15, 0.2) is 35.2 Å². The Kier molecular flexibility index (Phi) is 2.48. The highest BCUT2D eigenvalue weighted by molar-refractivity contribution is 7.86. The standard InChI is InChI=1S/C12H12O3S/c1-8-6-10-5-3-4-9(2)12(10)11(7-8)16(13,14)15/h3-7H,1-2H3,(H,13,14,15). The second-order valence-electron chi connectivity index (χ2n) is 3.91. The monoisotopic (exact) mass is 236 g/mol. The highest BCUT2D eigenvalue weighted by Gasteiger charge is 2.15. The topological polar surface area (TPSA) is 54.4 Å². The van der Waals surface area contributed by atoms with E-state index in [1.165, 1.54) is 6.07 Å². The molecule has 0 heterocycles. The molecule has 0 fully saturated rings. The molecule has 0 spiro atoms. The summed E-state index contributed by atoms with van der Waals surface area (Å²) in [7, 11) is -4.17. The van der Waals surface area contributed by atoms with Gasteiger partial charge in [0, 0.05) is 5.39 Å². The summed E-state index contributed by atoms with van der Waals surface area (Å²) in [6.45, 7) is 3.63. The van der Waals surface area contributed by atoms with Crippen LogP contribution in [-0.2, 0) is 10.1 Å². The van der Waals surface area contributed by atoms with Gasteiger partial charge in [-0.05, 0) is 36.4 Å². The van der Waals surface area contributed by atoms with Crippen molar-refractivity contribution in [2.75, 3.05) is 0 Å². The summed E-state index contributed by atoms with van der Waals surface area (Å²) >= 11 is 0. The molecule has 1 N–H and O–H groups in total. The van der Waals surface area contributed by atoms with E-state index in [2.05, 4.69) is 0 Å². The lowest BCUT2D eigenvalue weighted by atomic mass is 10.0. The molecular weight excluding hydrogens is 224 g/mol. The third-order valence-corrected chi connectivity index (χ3v) is 3.45. The maximum absolute atomic E-state index is 11.3. The van der Waals surface area contributed by atoms with Gasteiger partial charge in [0.1, 0.15) is 4.90 Å². The minimum Gasteiger partial charge on any atom is -0.282 e. The maximum atomic E-state index is 11.3. The summed E-state index contributed by atoms with van der Waals surface area (Å²) in [5.41, 5.74) is 1.65. The molecule has 0 aliphatic rings. The number of hydrogen-bond acceptors (Lipinski definition) is 2. The number of fused-ring (bicyclic) bond motifs is 1. The van der Waals surface area contributed by atoms with E-state index in [9.17, 15) is 13.0 Å². The van der Waals surface area contributed by atoms with Crippen LogP contribution < -0.4 is 0 Å². The van der Waals surface area contributed by atoms with Crippen molar-refractivity contribution in [2.24, 2.45) is 0 Å². The molecular formula is C12H12O3S. The molecule has 0 atom stereocenters. The predicted molar refractivity (Wildman–Crippen MR) is 63.2 cm³/mol. The fourth-order valence-electron chi connectivity index (χ4n) is 1.92. The Morgan fingerprint density at radius 1 is 1.12 bits per heavy atom. The first-order valence-corrected chi connectivity index (χ1v) is 6.31. The zero-order valence-corrected chi connectivity index (χ0v) is 9.88. The molecule has 0 radical (unpaired) electrons. The summed E-state index contributed by atoms with van der Waals surface area (Å²) in [5.74, 6) is 0. The van der Waals surface area contributed by atoms with Crippen LogP contribution in [-0.4, -0.2) is 13.0 Å². The SMILES string of the molecule is Cc1cc(S(=O)(=O)O)c2c(C)cccc2c1. The molecule has 0 aliphatic heterocycles. The summed E-state index contributed by atoms with van der Waals surface area (Å²) in [5, 5.41) is 1.42. The summed E-state index contributed by atoms with van der Waals surface area (Å²) in [6.07, 6.45) is 0. The molecule has 2 aromatic carbocycles. The number of hydrogen-bond donors (Lipinski definition) is 1. The smallest absolute Gasteiger partial charge is 0.282 e. The van der Waals surface area contributed by atoms with Crippen molar-refractivity contribution in [3.63, 3.8) is 0 Å². The Labute approximate surface area is 94.5 Å². The fraction of sp³-hybridized carbons (Fsp3) is 0.167. The van der Waals surface area contributed by atoms with E-state index in [0.29, 0.717) is 5.39 Å². The molecule has 2 rings (SSSR count). The van der Waals surface area contributed by atoms with Crippen LogP contribution in [0, 0.1) is 13.8 Å². The van der Waals surface area contributed by atoms with Gasteiger partial charge in [-0.2, -0.15) is 8.42 Å². The molecule has 84 valence electrons. The van der Waals surface area contributed by atoms with Crippen LogP contribution in [0.2, 0.25) is 0 Å². The van der Waals surface area contributed by atoms with E-state index in [4.69, 9.17) is 0 Å². The quantitative estimate of drug-likeness (QED) is 0.774. The number of benzene rings is 2. The predicted octanol–water partition coefficient (Wildman–Crippen LogP) is 2.70. The summed E-state index contributed by atoms with van der Waals surface area (Å²) in [4.78, 5) is -0.0133. The van der Waals surface area contributed by atoms with E-state index in [1.807, 2.05) is 31.2 Å². The Balaban J connectivity index is 3.03. The first kappa shape index (κ1) is 11.1. The lowest BCUT2D eigenvalue weighted by molar-refractivity contribution is 0.484. The zero-order chi connectivity index (χ0) is 11.9. The molecule has 3 nitrogen and oxygen atoms in total. The van der Waals surface area contributed by atoms with Crippen LogP contribution in [0.25, 0.3) is 10.8 Å². The molecule has 0 aromatic heterocycles. The molecule has 0 bridgehead atoms. The summed E-state index contributed by atoms with van der Waals surface area (Å²) < 4.78 is 31.8. The third-order valence-electron chi connectivity index (χ3n) is 2.57. The van der Waals surface area contributed by atoms with Gasteiger partial charge in [-0.15, -0.1) is 0 Å². The lowest BCUT2D eigenvalue weighted by Gasteiger charge is -2.08. The van der Waals surface area contributed by atoms with Crippen LogP contribution in [0.1, 0.15) is 11.1 Å². The van der Waals surface area contributed by atoms with E-state index in [0.717, 1.165) is 16.5 Å². The third kappa shape index (κ3) is 1.81. The number of rotatable bonds is 1. The molecule has 0 aliphatic carbocycles. The Hall–Kier alpha value is -1.39. The van der Waals surface area contributed by atoms with Gasteiger partial charge in [0.2, 0.25) is 0 Å². The minimum absolute atomic E-state index is 0.0133. The Bertz CT molecular complexity index is 657. The van der Waals surface area contributed by atoms with Crippen LogP contribution >= 0.6 is 0 Å². The average molecular weight is 236 g/mol. The molecule has 4 heteroatoms. The van der Waals surface area contributed by atoms with Crippen LogP contribution in [0.4, 0.5) is 0 Å². The van der Waals surface area contributed by atoms with Gasteiger partial charge in [0.25, 0.3) is 10.1 Å². The molecule has 0 unspecified atom stereocenters. The Morgan fingerprint density at radius 2 is 1.81 bits per heavy atom. The van der Waals surface area contributed by atoms with Gasteiger partial charge in [0.05, 0.1) is 0 Å². The molecule has 16 heavy (non-hydrogen) atoms. The van der Waals surface area contributed by atoms with Gasteiger partial charge in [-0.25, -0.2) is 0 Å². The minimum atomic E-state index is -4.17. The van der Waals surface area contributed by atoms with Gasteiger partial charge >= 0.3 is 0 Å². The van der Waals surface area contributed by atoms with Crippen molar-refractivity contribution < 1.29 is 13.0 Å². The van der Waals surface area contributed by atoms with Crippen molar-refractivity contribution in [1.29, 1.82) is 0 Å². The zero-order valence-electron chi connectivity index (χ0n) is 9.06. The van der Waals surface area contributed by atoms with Crippen molar-refractivity contribution >= 4 is 20.9 Å². The van der Waals surface area contributed by atoms with Crippen molar-refractivity contribution in [2.45, 2.75) is 18.7 Å². The van der Waals surface area contributed by atoms with Crippen LogP contribution in [0.5, 0.6) is 0 Å². The van der Waals surface area contributed by atoms with Crippen molar-refractivity contribution in [3.8, 4) is 0 Å². The maximum Gasteiger partial charge on any atom is 0.295 e. The first-order chi connectivity index (χ1) is 7.39. The summed E-state index contributed by atoms with van der Waals surface area (Å²) in [6, 6.07) is 8.92. The van der Waals surface area contributed by atoms with Gasteiger partial charge in [-0.3, -0.25) is 4.55 Å². The molecule has 0 saturated heterocycles. The van der Waals surface area contributed by atoms with Crippen LogP contribution in [0.3, 0.4) is 0 Å². The highest BCUT2D eigenvalue weighted by atomic mass is 32.2. The van der Waals surface area contributed by atoms with Gasteiger partial charge in [-0.1, -0.05) is 24.3 Å². The largest absolute Gasteiger partial charge is 0.295 e. The van der Waals surface area contributed by atoms with E-state index < -0.39 is 10.1 Å². The second kappa shape index (κ2) is 3.57. The normalized spacial score (nSPS) is 11.9. The fourth-order valence-corrected chi connectivity index (χ4v) is 2.79. The van der Waals surface area contributed by atoms with E-state index in [-0.39, 0.29) is 4.90 Å². The van der Waals surface area contributed by atoms with Gasteiger partial charge in [0.15, 0.2) is 0 Å². The second-order valence-corrected chi connectivity index (χ2v) is 5.30. The Morgan fingerprint density at radius 3 is 2.44 bits per heavy atom. The molecule has 0 amide bonds. The van der Waals surface area contributed by atoms with E-state index >= 15 is 0 Å². The van der Waals surface area contributed by atoms with Gasteiger partial charge < -0.3 is 0 Å². The number of aryl methyl sites for hydroxylation is 2. The first-order valence-electron chi connectivity index (χ1n) is 4.87. The highest BCUT2D eigenvalue weighted by Crippen LogP contribution is 2.27.